The third-order valence-electron chi connectivity index (χ3n) is 7.26. The lowest BCUT2D eigenvalue weighted by Gasteiger charge is -2.41. The molecule has 0 aliphatic heterocycles. The number of aliphatic hydroxyl groups excluding tert-OH is 1. The fourth-order valence-corrected chi connectivity index (χ4v) is 5.54. The first-order chi connectivity index (χ1) is 16.4. The smallest absolute Gasteiger partial charge is 0.307 e. The van der Waals surface area contributed by atoms with Gasteiger partial charge in [-0.15, -0.1) is 5.73 Å². The Balaban J connectivity index is 2.06. The van der Waals surface area contributed by atoms with Gasteiger partial charge in [0.2, 0.25) is 0 Å². The van der Waals surface area contributed by atoms with Crippen molar-refractivity contribution < 1.29 is 24.2 Å². The molecule has 0 saturated carbocycles. The fraction of sp³-hybridized carbons (Fsp3) is 0.586. The summed E-state index contributed by atoms with van der Waals surface area (Å²) < 4.78 is 13.1. The van der Waals surface area contributed by atoms with Gasteiger partial charge in [0.25, 0.3) is 0 Å². The zero-order valence-electron chi connectivity index (χ0n) is 22.3. The third-order valence-corrected chi connectivity index (χ3v) is 11.8. The van der Waals surface area contributed by atoms with Crippen molar-refractivity contribution in [2.45, 2.75) is 103 Å². The minimum Gasteiger partial charge on any atom is -0.488 e. The molecule has 0 spiro atoms. The van der Waals surface area contributed by atoms with Crippen LogP contribution in [-0.4, -0.2) is 42.8 Å². The van der Waals surface area contributed by atoms with Gasteiger partial charge in [-0.3, -0.25) is 4.79 Å². The lowest BCUT2D eigenvalue weighted by molar-refractivity contribution is -0.136. The fourth-order valence-electron chi connectivity index (χ4n) is 4.12. The molecule has 194 valence electrons. The highest BCUT2D eigenvalue weighted by Crippen LogP contribution is 2.39. The summed E-state index contributed by atoms with van der Waals surface area (Å²) in [6, 6.07) is 9.89. The first-order valence-electron chi connectivity index (χ1n) is 12.8. The Morgan fingerprint density at radius 2 is 1.91 bits per heavy atom. The average Bonchev–Trinajstić information content (AvgIpc) is 3.12. The number of carboxylic acids is 1. The minimum absolute atomic E-state index is 0.0213. The topological polar surface area (TPSA) is 76.0 Å². The summed E-state index contributed by atoms with van der Waals surface area (Å²) in [5.41, 5.74) is 4.22. The Labute approximate surface area is 212 Å². The second-order valence-corrected chi connectivity index (χ2v) is 15.8. The number of aliphatic hydroxyl groups is 1. The van der Waals surface area contributed by atoms with Crippen LogP contribution in [0.4, 0.5) is 0 Å². The van der Waals surface area contributed by atoms with Crippen LogP contribution in [0.5, 0.6) is 5.75 Å². The van der Waals surface area contributed by atoms with Gasteiger partial charge in [0.15, 0.2) is 8.32 Å². The first-order valence-corrected chi connectivity index (χ1v) is 15.7. The van der Waals surface area contributed by atoms with Crippen LogP contribution in [0.15, 0.2) is 59.9 Å². The van der Waals surface area contributed by atoms with Crippen LogP contribution in [-0.2, 0) is 9.22 Å². The van der Waals surface area contributed by atoms with E-state index in [0.717, 1.165) is 31.4 Å². The number of benzene rings is 1. The highest BCUT2D eigenvalue weighted by molar-refractivity contribution is 6.74. The van der Waals surface area contributed by atoms with Gasteiger partial charge in [-0.05, 0) is 81.4 Å². The molecule has 0 amide bonds. The molecule has 1 aromatic rings. The number of para-hydroxylation sites is 1. The molecule has 1 aliphatic carbocycles. The molecule has 1 aliphatic rings. The second-order valence-electron chi connectivity index (χ2n) is 11.0. The maximum absolute atomic E-state index is 10.6. The van der Waals surface area contributed by atoms with Crippen LogP contribution in [0.2, 0.25) is 18.1 Å². The van der Waals surface area contributed by atoms with E-state index in [1.807, 2.05) is 36.4 Å². The number of carboxylic acid groups (broad SMARTS) is 1. The second kappa shape index (κ2) is 13.3. The van der Waals surface area contributed by atoms with E-state index in [4.69, 9.17) is 14.3 Å². The highest BCUT2D eigenvalue weighted by Gasteiger charge is 2.41. The SMILES string of the molecule is CC(Oc1ccccc1)C(CCC1=CCC(O)[C@@H]1CCC=C=CCC(=O)O)O[Si](C)(C)C(C)(C)C. The molecular formula is C29H44O5Si. The summed E-state index contributed by atoms with van der Waals surface area (Å²) in [5, 5.41) is 19.4. The van der Waals surface area contributed by atoms with Crippen LogP contribution in [0.3, 0.4) is 0 Å². The summed E-state index contributed by atoms with van der Waals surface area (Å²) in [6.45, 7) is 13.4. The molecule has 5 nitrogen and oxygen atoms in total. The average molecular weight is 501 g/mol. The van der Waals surface area contributed by atoms with Gasteiger partial charge in [0, 0.05) is 5.92 Å². The Morgan fingerprint density at radius 1 is 1.23 bits per heavy atom. The molecule has 0 aromatic heterocycles. The van der Waals surface area contributed by atoms with Crippen LogP contribution in [0.25, 0.3) is 0 Å². The first kappa shape index (κ1) is 29.1. The number of ether oxygens (including phenoxy) is 1. The van der Waals surface area contributed by atoms with Crippen LogP contribution >= 0.6 is 0 Å². The number of hydrogen-bond acceptors (Lipinski definition) is 4. The van der Waals surface area contributed by atoms with Crippen molar-refractivity contribution in [3.8, 4) is 5.75 Å². The van der Waals surface area contributed by atoms with Crippen molar-refractivity contribution >= 4 is 14.3 Å². The minimum atomic E-state index is -2.00. The van der Waals surface area contributed by atoms with Crippen molar-refractivity contribution in [1.29, 1.82) is 0 Å². The van der Waals surface area contributed by atoms with E-state index in [9.17, 15) is 9.90 Å². The molecule has 2 rings (SSSR count). The van der Waals surface area contributed by atoms with Crippen molar-refractivity contribution in [1.82, 2.24) is 0 Å². The van der Waals surface area contributed by atoms with Gasteiger partial charge in [-0.25, -0.2) is 0 Å². The Hall–Kier alpha value is -2.11. The normalized spacial score (nSPS) is 19.9. The number of aliphatic carboxylic acids is 1. The molecule has 0 saturated heterocycles. The molecule has 0 fully saturated rings. The molecule has 6 heteroatoms. The van der Waals surface area contributed by atoms with Crippen molar-refractivity contribution in [3.05, 3.63) is 59.9 Å². The number of hydrogen-bond donors (Lipinski definition) is 2. The standard InChI is InChI=1S/C29H44O5Si/c1-22(33-24-14-10-9-11-15-24)27(34-35(5,6)29(2,3)4)21-19-23-18-20-26(30)25(23)16-12-7-8-13-17-28(31)32/h7,9-11,13-15,18,22,25-27,30H,12,16-17,19-21H2,1-6H3,(H,31,32)/t8?,22?,25-,26?,27?/m1/s1. The van der Waals surface area contributed by atoms with E-state index in [1.54, 1.807) is 0 Å². The largest absolute Gasteiger partial charge is 0.488 e. The predicted molar refractivity (Wildman–Crippen MR) is 144 cm³/mol. The molecule has 2 N–H and O–H groups in total. The lowest BCUT2D eigenvalue weighted by atomic mass is 9.90. The van der Waals surface area contributed by atoms with E-state index in [2.05, 4.69) is 52.6 Å². The zero-order chi connectivity index (χ0) is 26.1. The van der Waals surface area contributed by atoms with Gasteiger partial charge >= 0.3 is 5.97 Å². The van der Waals surface area contributed by atoms with Crippen molar-refractivity contribution in [2.24, 2.45) is 5.92 Å². The molecule has 35 heavy (non-hydrogen) atoms. The number of carbonyl (C=O) groups is 1. The lowest BCUT2D eigenvalue weighted by Crippen LogP contribution is -2.47. The summed E-state index contributed by atoms with van der Waals surface area (Å²) in [5.74, 6) is 0.105. The molecule has 0 heterocycles. The molecule has 0 bridgehead atoms. The quantitative estimate of drug-likeness (QED) is 0.175. The molecule has 0 radical (unpaired) electrons. The molecular weight excluding hydrogens is 456 g/mol. The Kier molecular flexibility index (Phi) is 11.0. The summed E-state index contributed by atoms with van der Waals surface area (Å²) in [6.07, 6.45) is 9.02. The maximum Gasteiger partial charge on any atom is 0.307 e. The molecule has 1 aromatic carbocycles. The molecule has 4 atom stereocenters. The van der Waals surface area contributed by atoms with Gasteiger partial charge < -0.3 is 19.4 Å². The van der Waals surface area contributed by atoms with Crippen LogP contribution in [0, 0.1) is 5.92 Å². The van der Waals surface area contributed by atoms with E-state index in [0.29, 0.717) is 6.42 Å². The van der Waals surface area contributed by atoms with Crippen molar-refractivity contribution in [2.75, 3.05) is 0 Å². The monoisotopic (exact) mass is 500 g/mol. The van der Waals surface area contributed by atoms with E-state index in [1.165, 1.54) is 11.6 Å². The van der Waals surface area contributed by atoms with Crippen LogP contribution < -0.4 is 4.74 Å². The van der Waals surface area contributed by atoms with Gasteiger partial charge in [-0.2, -0.15) is 0 Å². The van der Waals surface area contributed by atoms with Crippen LogP contribution in [0.1, 0.15) is 66.2 Å². The maximum atomic E-state index is 10.6. The van der Waals surface area contributed by atoms with Gasteiger partial charge in [0.05, 0.1) is 18.6 Å². The van der Waals surface area contributed by atoms with Crippen molar-refractivity contribution in [3.63, 3.8) is 0 Å². The highest BCUT2D eigenvalue weighted by atomic mass is 28.4. The molecule has 3 unspecified atom stereocenters. The van der Waals surface area contributed by atoms with E-state index < -0.39 is 14.3 Å². The summed E-state index contributed by atoms with van der Waals surface area (Å²) in [7, 11) is -2.00. The summed E-state index contributed by atoms with van der Waals surface area (Å²) in [4.78, 5) is 10.6. The Bertz CT molecular complexity index is 893. The van der Waals surface area contributed by atoms with Gasteiger partial charge in [-0.1, -0.05) is 50.6 Å². The number of rotatable bonds is 13. The Morgan fingerprint density at radius 3 is 2.54 bits per heavy atom. The third kappa shape index (κ3) is 9.45. The van der Waals surface area contributed by atoms with E-state index in [-0.39, 0.29) is 35.7 Å². The van der Waals surface area contributed by atoms with Gasteiger partial charge in [0.1, 0.15) is 11.9 Å². The zero-order valence-corrected chi connectivity index (χ0v) is 23.3. The van der Waals surface area contributed by atoms with E-state index >= 15 is 0 Å². The summed E-state index contributed by atoms with van der Waals surface area (Å²) >= 11 is 0. The predicted octanol–water partition coefficient (Wildman–Crippen LogP) is 6.90.